The lowest BCUT2D eigenvalue weighted by atomic mass is 10.3. The topological polar surface area (TPSA) is 32.3 Å². The third-order valence-corrected chi connectivity index (χ3v) is 1.14. The monoisotopic (exact) mass is 129 g/mol. The van der Waals surface area contributed by atoms with Gasteiger partial charge >= 0.3 is 0 Å². The number of aliphatic hydroxyl groups excluding tert-OH is 1. The molecule has 2 nitrogen and oxygen atoms in total. The van der Waals surface area contributed by atoms with Gasteiger partial charge in [0.1, 0.15) is 0 Å². The normalized spacial score (nSPS) is 13.1. The average molecular weight is 129 g/mol. The van der Waals surface area contributed by atoms with Crippen LogP contribution >= 0.6 is 0 Å². The zero-order valence-electron chi connectivity index (χ0n) is 5.93. The summed E-state index contributed by atoms with van der Waals surface area (Å²) in [7, 11) is 0. The molecule has 2 heteroatoms. The van der Waals surface area contributed by atoms with Gasteiger partial charge in [0.2, 0.25) is 0 Å². The molecule has 0 bridgehead atoms. The van der Waals surface area contributed by atoms with Crippen LogP contribution in [0.1, 0.15) is 13.3 Å². The van der Waals surface area contributed by atoms with Gasteiger partial charge in [0, 0.05) is 13.1 Å². The molecule has 0 fully saturated rings. The molecule has 0 aromatic heterocycles. The summed E-state index contributed by atoms with van der Waals surface area (Å²) in [6.45, 7) is 6.94. The molecule has 0 rings (SSSR count). The van der Waals surface area contributed by atoms with Crippen molar-refractivity contribution >= 4 is 0 Å². The molecule has 0 aromatic carbocycles. The van der Waals surface area contributed by atoms with Crippen LogP contribution in [0.5, 0.6) is 0 Å². The minimum absolute atomic E-state index is 0.204. The highest BCUT2D eigenvalue weighted by Gasteiger charge is 1.95. The number of hydrogen-bond donors (Lipinski definition) is 2. The number of nitrogens with one attached hydrogen (secondary N) is 1. The molecule has 0 aliphatic carbocycles. The molecule has 0 saturated heterocycles. The highest BCUT2D eigenvalue weighted by molar-refractivity contribution is 4.70. The Kier molecular flexibility index (Phi) is 5.57. The van der Waals surface area contributed by atoms with E-state index in [-0.39, 0.29) is 6.10 Å². The highest BCUT2D eigenvalue weighted by atomic mass is 16.3. The van der Waals surface area contributed by atoms with Crippen molar-refractivity contribution in [3.8, 4) is 0 Å². The number of aliphatic hydroxyl groups is 1. The smallest absolute Gasteiger partial charge is 0.0662 e. The Hall–Kier alpha value is -0.340. The van der Waals surface area contributed by atoms with Crippen LogP contribution in [-0.2, 0) is 0 Å². The van der Waals surface area contributed by atoms with Crippen molar-refractivity contribution in [3.05, 3.63) is 12.7 Å². The van der Waals surface area contributed by atoms with E-state index in [0.717, 1.165) is 13.0 Å². The van der Waals surface area contributed by atoms with Gasteiger partial charge in [-0.2, -0.15) is 0 Å². The van der Waals surface area contributed by atoms with Crippen LogP contribution in [0.25, 0.3) is 0 Å². The molecule has 0 aliphatic rings. The predicted molar refractivity (Wildman–Crippen MR) is 39.4 cm³/mol. The summed E-state index contributed by atoms with van der Waals surface area (Å²) < 4.78 is 0. The summed E-state index contributed by atoms with van der Waals surface area (Å²) in [5, 5.41) is 12.0. The van der Waals surface area contributed by atoms with Crippen molar-refractivity contribution in [1.82, 2.24) is 5.32 Å². The van der Waals surface area contributed by atoms with E-state index in [9.17, 15) is 0 Å². The van der Waals surface area contributed by atoms with Gasteiger partial charge in [-0.25, -0.2) is 0 Å². The van der Waals surface area contributed by atoms with Crippen LogP contribution in [0, 0.1) is 0 Å². The third-order valence-electron chi connectivity index (χ3n) is 1.14. The van der Waals surface area contributed by atoms with E-state index in [1.807, 2.05) is 6.92 Å². The minimum atomic E-state index is -0.204. The van der Waals surface area contributed by atoms with Gasteiger partial charge in [0.15, 0.2) is 0 Å². The summed E-state index contributed by atoms with van der Waals surface area (Å²) >= 11 is 0. The first-order chi connectivity index (χ1) is 4.31. The van der Waals surface area contributed by atoms with Crippen molar-refractivity contribution in [2.45, 2.75) is 19.4 Å². The summed E-state index contributed by atoms with van der Waals surface area (Å²) in [5.74, 6) is 0. The fourth-order valence-electron chi connectivity index (χ4n) is 0.496. The molecule has 1 atom stereocenters. The summed E-state index contributed by atoms with van der Waals surface area (Å²) in [5.41, 5.74) is 0. The SMILES string of the molecule is C=CCNCC(O)CC. The minimum Gasteiger partial charge on any atom is -0.392 e. The summed E-state index contributed by atoms with van der Waals surface area (Å²) in [6.07, 6.45) is 2.39. The molecule has 9 heavy (non-hydrogen) atoms. The van der Waals surface area contributed by atoms with Gasteiger partial charge < -0.3 is 10.4 Å². The van der Waals surface area contributed by atoms with Crippen LogP contribution in [0.4, 0.5) is 0 Å². The lowest BCUT2D eigenvalue weighted by molar-refractivity contribution is 0.169. The third kappa shape index (κ3) is 5.53. The molecule has 0 aliphatic heterocycles. The van der Waals surface area contributed by atoms with E-state index < -0.39 is 0 Å². The highest BCUT2D eigenvalue weighted by Crippen LogP contribution is 1.84. The fraction of sp³-hybridized carbons (Fsp3) is 0.714. The molecule has 0 spiro atoms. The second kappa shape index (κ2) is 5.79. The van der Waals surface area contributed by atoms with Gasteiger partial charge in [-0.15, -0.1) is 6.58 Å². The van der Waals surface area contributed by atoms with Crippen LogP contribution in [-0.4, -0.2) is 24.3 Å². The summed E-state index contributed by atoms with van der Waals surface area (Å²) in [4.78, 5) is 0. The Labute approximate surface area is 56.6 Å². The Morgan fingerprint density at radius 1 is 1.78 bits per heavy atom. The maximum atomic E-state index is 8.99. The number of rotatable bonds is 5. The second-order valence-electron chi connectivity index (χ2n) is 2.01. The van der Waals surface area contributed by atoms with Crippen molar-refractivity contribution in [2.24, 2.45) is 0 Å². The Bertz CT molecular complexity index is 73.3. The van der Waals surface area contributed by atoms with E-state index >= 15 is 0 Å². The van der Waals surface area contributed by atoms with Gasteiger partial charge in [0.05, 0.1) is 6.10 Å². The van der Waals surface area contributed by atoms with E-state index in [1.165, 1.54) is 0 Å². The molecular weight excluding hydrogens is 114 g/mol. The van der Waals surface area contributed by atoms with Crippen LogP contribution in [0.2, 0.25) is 0 Å². The van der Waals surface area contributed by atoms with E-state index in [4.69, 9.17) is 5.11 Å². The largest absolute Gasteiger partial charge is 0.392 e. The van der Waals surface area contributed by atoms with Crippen molar-refractivity contribution < 1.29 is 5.11 Å². The Morgan fingerprint density at radius 2 is 2.44 bits per heavy atom. The molecule has 0 saturated carbocycles. The average Bonchev–Trinajstić information content (AvgIpc) is 1.89. The van der Waals surface area contributed by atoms with Gasteiger partial charge in [-0.1, -0.05) is 13.0 Å². The molecule has 1 unspecified atom stereocenters. The first-order valence-corrected chi connectivity index (χ1v) is 3.31. The molecule has 2 N–H and O–H groups in total. The van der Waals surface area contributed by atoms with Crippen molar-refractivity contribution in [3.63, 3.8) is 0 Å². The summed E-state index contributed by atoms with van der Waals surface area (Å²) in [6, 6.07) is 0. The Morgan fingerprint density at radius 3 is 2.89 bits per heavy atom. The molecule has 0 aromatic rings. The molecule has 0 amide bonds. The van der Waals surface area contributed by atoms with Crippen LogP contribution < -0.4 is 5.32 Å². The van der Waals surface area contributed by atoms with E-state index in [0.29, 0.717) is 6.54 Å². The van der Waals surface area contributed by atoms with Crippen molar-refractivity contribution in [2.75, 3.05) is 13.1 Å². The van der Waals surface area contributed by atoms with Crippen LogP contribution in [0.15, 0.2) is 12.7 Å². The second-order valence-corrected chi connectivity index (χ2v) is 2.01. The fourth-order valence-corrected chi connectivity index (χ4v) is 0.496. The first kappa shape index (κ1) is 8.66. The standard InChI is InChI=1S/C7H15NO/c1-3-5-8-6-7(9)4-2/h3,7-9H,1,4-6H2,2H3. The maximum absolute atomic E-state index is 8.99. The quantitative estimate of drug-likeness (QED) is 0.419. The van der Waals surface area contributed by atoms with E-state index in [2.05, 4.69) is 11.9 Å². The van der Waals surface area contributed by atoms with E-state index in [1.54, 1.807) is 6.08 Å². The zero-order valence-corrected chi connectivity index (χ0v) is 5.93. The maximum Gasteiger partial charge on any atom is 0.0662 e. The molecular formula is C7H15NO. The molecule has 0 heterocycles. The Balaban J connectivity index is 2.96. The molecule has 0 radical (unpaired) electrons. The lowest BCUT2D eigenvalue weighted by Gasteiger charge is -2.06. The lowest BCUT2D eigenvalue weighted by Crippen LogP contribution is -2.25. The van der Waals surface area contributed by atoms with Crippen LogP contribution in [0.3, 0.4) is 0 Å². The predicted octanol–water partition coefficient (Wildman–Crippen LogP) is 0.533. The van der Waals surface area contributed by atoms with Gasteiger partial charge in [0.25, 0.3) is 0 Å². The van der Waals surface area contributed by atoms with Gasteiger partial charge in [-0.05, 0) is 6.42 Å². The van der Waals surface area contributed by atoms with Crippen molar-refractivity contribution in [1.29, 1.82) is 0 Å². The molecule has 54 valence electrons. The van der Waals surface area contributed by atoms with Gasteiger partial charge in [-0.3, -0.25) is 0 Å². The first-order valence-electron chi connectivity index (χ1n) is 3.31. The zero-order chi connectivity index (χ0) is 7.11. The number of hydrogen-bond acceptors (Lipinski definition) is 2.